The molecule has 0 bridgehead atoms. The first-order valence-corrected chi connectivity index (χ1v) is 7.53. The van der Waals surface area contributed by atoms with E-state index in [0.29, 0.717) is 25.8 Å². The van der Waals surface area contributed by atoms with Crippen LogP contribution in [-0.4, -0.2) is 30.7 Å². The first kappa shape index (κ1) is 17.8. The van der Waals surface area contributed by atoms with Gasteiger partial charge >= 0.3 is 6.18 Å². The Hall–Kier alpha value is -1.54. The normalized spacial score (nSPS) is 19.0. The molecule has 0 aromatic heterocycles. The highest BCUT2D eigenvalue weighted by Gasteiger charge is 2.37. The lowest BCUT2D eigenvalue weighted by atomic mass is 10.1. The highest BCUT2D eigenvalue weighted by Crippen LogP contribution is 2.42. The quantitative estimate of drug-likeness (QED) is 0.599. The van der Waals surface area contributed by atoms with E-state index in [1.807, 2.05) is 6.92 Å². The van der Waals surface area contributed by atoms with Crippen LogP contribution >= 0.6 is 11.6 Å². The molecule has 1 aliphatic rings. The zero-order valence-corrected chi connectivity index (χ0v) is 13.2. The van der Waals surface area contributed by atoms with Crippen molar-refractivity contribution >= 4 is 23.0 Å². The lowest BCUT2D eigenvalue weighted by molar-refractivity contribution is -0.384. The molecule has 0 N–H and O–H groups in total. The lowest BCUT2D eigenvalue weighted by Gasteiger charge is -2.34. The molecule has 1 fully saturated rings. The van der Waals surface area contributed by atoms with Crippen molar-refractivity contribution in [3.63, 3.8) is 0 Å². The average molecular weight is 353 g/mol. The highest BCUT2D eigenvalue weighted by atomic mass is 35.5. The number of benzene rings is 1. The molecule has 1 aromatic rings. The second-order valence-electron chi connectivity index (χ2n) is 5.24. The fraction of sp³-hybridized carbons (Fsp3) is 0.571. The van der Waals surface area contributed by atoms with E-state index in [1.165, 1.54) is 0 Å². The van der Waals surface area contributed by atoms with Crippen LogP contribution in [0.4, 0.5) is 24.5 Å². The van der Waals surface area contributed by atoms with Crippen LogP contribution in [0.3, 0.4) is 0 Å². The van der Waals surface area contributed by atoms with E-state index in [1.54, 1.807) is 4.90 Å². The largest absolute Gasteiger partial charge is 0.418 e. The number of nitrogens with zero attached hydrogens (tertiary/aromatic N) is 2. The molecule has 1 atom stereocenters. The zero-order chi connectivity index (χ0) is 17.2. The minimum Gasteiger partial charge on any atom is -0.377 e. The van der Waals surface area contributed by atoms with Crippen LogP contribution < -0.4 is 4.90 Å². The Bertz CT molecular complexity index is 593. The van der Waals surface area contributed by atoms with E-state index in [2.05, 4.69) is 0 Å². The van der Waals surface area contributed by atoms with Crippen molar-refractivity contribution in [3.8, 4) is 0 Å². The minimum atomic E-state index is -4.74. The first-order valence-electron chi connectivity index (χ1n) is 7.15. The standard InChI is InChI=1S/C14H16ClF3N2O3/c1-2-23-9-4-3-5-19(8-9)12-7-11(15)10(14(16,17)18)6-13(12)20(21)22/h6-7,9H,2-5,8H2,1H3. The summed E-state index contributed by atoms with van der Waals surface area (Å²) in [5.74, 6) is 0. The molecule has 0 saturated carbocycles. The number of rotatable bonds is 4. The van der Waals surface area contributed by atoms with Gasteiger partial charge < -0.3 is 9.64 Å². The average Bonchev–Trinajstić information content (AvgIpc) is 2.46. The van der Waals surface area contributed by atoms with Gasteiger partial charge in [0.05, 0.1) is 21.6 Å². The third-order valence-electron chi connectivity index (χ3n) is 3.69. The SMILES string of the molecule is CCOC1CCCN(c2cc(Cl)c(C(F)(F)F)cc2[N+](=O)[O-])C1. The number of hydrogen-bond donors (Lipinski definition) is 0. The molecule has 1 heterocycles. The summed E-state index contributed by atoms with van der Waals surface area (Å²) >= 11 is 5.71. The summed E-state index contributed by atoms with van der Waals surface area (Å²) in [6.45, 7) is 3.24. The molecule has 1 unspecified atom stereocenters. The van der Waals surface area contributed by atoms with E-state index >= 15 is 0 Å². The van der Waals surface area contributed by atoms with Gasteiger partial charge in [-0.15, -0.1) is 0 Å². The maximum atomic E-state index is 12.9. The van der Waals surface area contributed by atoms with Gasteiger partial charge in [-0.1, -0.05) is 11.6 Å². The van der Waals surface area contributed by atoms with Crippen molar-refractivity contribution in [2.75, 3.05) is 24.6 Å². The van der Waals surface area contributed by atoms with Crippen molar-refractivity contribution in [1.29, 1.82) is 0 Å². The van der Waals surface area contributed by atoms with Gasteiger partial charge in [0, 0.05) is 25.8 Å². The summed E-state index contributed by atoms with van der Waals surface area (Å²) in [7, 11) is 0. The summed E-state index contributed by atoms with van der Waals surface area (Å²) in [5.41, 5.74) is -1.70. The maximum Gasteiger partial charge on any atom is 0.418 e. The Morgan fingerprint density at radius 2 is 2.17 bits per heavy atom. The third kappa shape index (κ3) is 4.06. The fourth-order valence-electron chi connectivity index (χ4n) is 2.70. The summed E-state index contributed by atoms with van der Waals surface area (Å²) in [6, 6.07) is 1.53. The number of ether oxygens (including phenoxy) is 1. The summed E-state index contributed by atoms with van der Waals surface area (Å²) < 4.78 is 44.2. The van der Waals surface area contributed by atoms with Crippen molar-refractivity contribution in [1.82, 2.24) is 0 Å². The Labute approximate surface area is 136 Å². The van der Waals surface area contributed by atoms with Crippen molar-refractivity contribution in [3.05, 3.63) is 32.8 Å². The predicted octanol–water partition coefficient (Wildman–Crippen LogP) is 4.27. The smallest absolute Gasteiger partial charge is 0.377 e. The summed E-state index contributed by atoms with van der Waals surface area (Å²) in [6.07, 6.45) is -3.29. The Morgan fingerprint density at radius 3 is 2.74 bits per heavy atom. The number of hydrogen-bond acceptors (Lipinski definition) is 4. The number of alkyl halides is 3. The molecule has 2 rings (SSSR count). The molecule has 1 aromatic carbocycles. The highest BCUT2D eigenvalue weighted by molar-refractivity contribution is 6.31. The molecule has 128 valence electrons. The van der Waals surface area contributed by atoms with Crippen LogP contribution in [0.15, 0.2) is 12.1 Å². The van der Waals surface area contributed by atoms with E-state index < -0.39 is 27.4 Å². The number of anilines is 1. The van der Waals surface area contributed by atoms with Gasteiger partial charge in [-0.25, -0.2) is 0 Å². The molecule has 9 heteroatoms. The molecule has 1 aliphatic heterocycles. The fourth-order valence-corrected chi connectivity index (χ4v) is 2.96. The monoisotopic (exact) mass is 352 g/mol. The molecular weight excluding hydrogens is 337 g/mol. The van der Waals surface area contributed by atoms with Crippen molar-refractivity contribution < 1.29 is 22.8 Å². The van der Waals surface area contributed by atoms with Gasteiger partial charge in [0.15, 0.2) is 0 Å². The Morgan fingerprint density at radius 1 is 1.48 bits per heavy atom. The predicted molar refractivity (Wildman–Crippen MR) is 80.0 cm³/mol. The number of piperidine rings is 1. The maximum absolute atomic E-state index is 12.9. The van der Waals surface area contributed by atoms with Gasteiger partial charge in [-0.05, 0) is 25.8 Å². The number of nitro benzene ring substituents is 1. The van der Waals surface area contributed by atoms with E-state index in [-0.39, 0.29) is 11.8 Å². The second kappa shape index (κ2) is 6.92. The molecule has 1 saturated heterocycles. The van der Waals surface area contributed by atoms with Crippen LogP contribution in [0.1, 0.15) is 25.3 Å². The van der Waals surface area contributed by atoms with Gasteiger partial charge in [0.1, 0.15) is 5.69 Å². The van der Waals surface area contributed by atoms with E-state index in [4.69, 9.17) is 16.3 Å². The molecular formula is C14H16ClF3N2O3. The summed E-state index contributed by atoms with van der Waals surface area (Å²) in [5, 5.41) is 10.7. The Balaban J connectivity index is 2.41. The van der Waals surface area contributed by atoms with Crippen molar-refractivity contribution in [2.24, 2.45) is 0 Å². The molecule has 23 heavy (non-hydrogen) atoms. The van der Waals surface area contributed by atoms with Crippen LogP contribution in [0, 0.1) is 10.1 Å². The van der Waals surface area contributed by atoms with Crippen LogP contribution in [0.2, 0.25) is 5.02 Å². The molecule has 0 amide bonds. The zero-order valence-electron chi connectivity index (χ0n) is 12.4. The van der Waals surface area contributed by atoms with Gasteiger partial charge in [-0.3, -0.25) is 10.1 Å². The minimum absolute atomic E-state index is 0.0948. The Kier molecular flexibility index (Phi) is 5.36. The van der Waals surface area contributed by atoms with E-state index in [0.717, 1.165) is 18.9 Å². The molecule has 0 aliphatic carbocycles. The van der Waals surface area contributed by atoms with Crippen LogP contribution in [0.25, 0.3) is 0 Å². The first-order chi connectivity index (χ1) is 10.7. The lowest BCUT2D eigenvalue weighted by Crippen LogP contribution is -2.40. The molecule has 0 spiro atoms. The van der Waals surface area contributed by atoms with Gasteiger partial charge in [0.2, 0.25) is 0 Å². The topological polar surface area (TPSA) is 55.6 Å². The second-order valence-corrected chi connectivity index (χ2v) is 5.65. The van der Waals surface area contributed by atoms with Gasteiger partial charge in [0.25, 0.3) is 5.69 Å². The third-order valence-corrected chi connectivity index (χ3v) is 4.00. The number of nitro groups is 1. The van der Waals surface area contributed by atoms with Gasteiger partial charge in [-0.2, -0.15) is 13.2 Å². The summed E-state index contributed by atoms with van der Waals surface area (Å²) in [4.78, 5) is 12.0. The molecule has 0 radical (unpaired) electrons. The number of halogens is 4. The van der Waals surface area contributed by atoms with Crippen LogP contribution in [0.5, 0.6) is 0 Å². The van der Waals surface area contributed by atoms with Crippen molar-refractivity contribution in [2.45, 2.75) is 32.0 Å². The van der Waals surface area contributed by atoms with Crippen LogP contribution in [-0.2, 0) is 10.9 Å². The van der Waals surface area contributed by atoms with E-state index in [9.17, 15) is 23.3 Å². The molecule has 5 nitrogen and oxygen atoms in total.